The van der Waals surface area contributed by atoms with Crippen molar-refractivity contribution in [3.63, 3.8) is 0 Å². The van der Waals surface area contributed by atoms with Gasteiger partial charge < -0.3 is 9.64 Å². The molecule has 0 N–H and O–H groups in total. The molecular formula is C15H16ClN3O. The zero-order valence-corrected chi connectivity index (χ0v) is 12.0. The maximum absolute atomic E-state index is 5.96. The second-order valence-corrected chi connectivity index (χ2v) is 5.43. The minimum atomic E-state index is 0.151. The van der Waals surface area contributed by atoms with Crippen molar-refractivity contribution in [2.24, 2.45) is 0 Å². The molecule has 0 aliphatic carbocycles. The number of benzene rings is 1. The molecule has 20 heavy (non-hydrogen) atoms. The molecule has 1 saturated heterocycles. The van der Waals surface area contributed by atoms with Crippen LogP contribution < -0.4 is 9.64 Å². The van der Waals surface area contributed by atoms with Gasteiger partial charge in [-0.3, -0.25) is 0 Å². The zero-order valence-electron chi connectivity index (χ0n) is 11.3. The highest BCUT2D eigenvalue weighted by molar-refractivity contribution is 6.30. The summed E-state index contributed by atoms with van der Waals surface area (Å²) in [4.78, 5) is 10.9. The molecule has 2 aromatic rings. The Morgan fingerprint density at radius 3 is 2.85 bits per heavy atom. The van der Waals surface area contributed by atoms with Gasteiger partial charge in [0.05, 0.1) is 6.54 Å². The molecule has 1 aliphatic heterocycles. The van der Waals surface area contributed by atoms with Gasteiger partial charge in [-0.05, 0) is 30.7 Å². The van der Waals surface area contributed by atoms with Gasteiger partial charge in [0.1, 0.15) is 11.9 Å². The van der Waals surface area contributed by atoms with E-state index in [1.807, 2.05) is 43.6 Å². The van der Waals surface area contributed by atoms with Crippen LogP contribution in [0.4, 0.5) is 5.95 Å². The Kier molecular flexibility index (Phi) is 3.74. The van der Waals surface area contributed by atoms with Crippen LogP contribution in [0.3, 0.4) is 0 Å². The Bertz CT molecular complexity index is 588. The highest BCUT2D eigenvalue weighted by atomic mass is 35.5. The smallest absolute Gasteiger partial charge is 0.225 e. The number of aryl methyl sites for hydroxylation is 1. The van der Waals surface area contributed by atoms with Crippen molar-refractivity contribution in [3.8, 4) is 5.75 Å². The average Bonchev–Trinajstić information content (AvgIpc) is 2.88. The van der Waals surface area contributed by atoms with Gasteiger partial charge in [-0.15, -0.1) is 0 Å². The van der Waals surface area contributed by atoms with Crippen LogP contribution in [0.25, 0.3) is 0 Å². The lowest BCUT2D eigenvalue weighted by Crippen LogP contribution is -2.26. The van der Waals surface area contributed by atoms with E-state index in [0.29, 0.717) is 5.02 Å². The molecule has 1 aromatic carbocycles. The second-order valence-electron chi connectivity index (χ2n) is 4.99. The summed E-state index contributed by atoms with van der Waals surface area (Å²) in [5.74, 6) is 1.59. The Morgan fingerprint density at radius 1 is 1.30 bits per heavy atom. The first-order valence-electron chi connectivity index (χ1n) is 6.66. The van der Waals surface area contributed by atoms with E-state index in [2.05, 4.69) is 14.9 Å². The molecule has 5 heteroatoms. The van der Waals surface area contributed by atoms with Crippen molar-refractivity contribution in [1.82, 2.24) is 9.97 Å². The first kappa shape index (κ1) is 13.2. The SMILES string of the molecule is Cc1cnc(N2CCC(Oc3cccc(Cl)c3)C2)nc1. The van der Waals surface area contributed by atoms with Crippen LogP contribution in [0, 0.1) is 6.92 Å². The van der Waals surface area contributed by atoms with Crippen LogP contribution >= 0.6 is 11.6 Å². The van der Waals surface area contributed by atoms with Crippen molar-refractivity contribution in [1.29, 1.82) is 0 Å². The minimum absolute atomic E-state index is 0.151. The monoisotopic (exact) mass is 289 g/mol. The maximum Gasteiger partial charge on any atom is 0.225 e. The predicted molar refractivity (Wildman–Crippen MR) is 79.5 cm³/mol. The van der Waals surface area contributed by atoms with E-state index in [-0.39, 0.29) is 6.10 Å². The van der Waals surface area contributed by atoms with Crippen LogP contribution in [0.5, 0.6) is 5.75 Å². The molecule has 1 aliphatic rings. The van der Waals surface area contributed by atoms with E-state index in [0.717, 1.165) is 36.8 Å². The normalized spacial score (nSPS) is 18.3. The fraction of sp³-hybridized carbons (Fsp3) is 0.333. The molecule has 0 amide bonds. The number of nitrogens with zero attached hydrogens (tertiary/aromatic N) is 3. The molecule has 1 atom stereocenters. The summed E-state index contributed by atoms with van der Waals surface area (Å²) in [5.41, 5.74) is 1.07. The van der Waals surface area contributed by atoms with Crippen LogP contribution in [0.2, 0.25) is 5.02 Å². The highest BCUT2D eigenvalue weighted by Crippen LogP contribution is 2.23. The van der Waals surface area contributed by atoms with Crippen LogP contribution in [0.15, 0.2) is 36.7 Å². The van der Waals surface area contributed by atoms with Crippen LogP contribution in [0.1, 0.15) is 12.0 Å². The van der Waals surface area contributed by atoms with Gasteiger partial charge in [-0.25, -0.2) is 9.97 Å². The lowest BCUT2D eigenvalue weighted by molar-refractivity contribution is 0.225. The van der Waals surface area contributed by atoms with Gasteiger partial charge in [0.15, 0.2) is 0 Å². The van der Waals surface area contributed by atoms with E-state index in [4.69, 9.17) is 16.3 Å². The summed E-state index contributed by atoms with van der Waals surface area (Å²) in [5, 5.41) is 0.694. The zero-order chi connectivity index (χ0) is 13.9. The molecule has 1 unspecified atom stereocenters. The van der Waals surface area contributed by atoms with Gasteiger partial charge in [-0.2, -0.15) is 0 Å². The molecule has 0 bridgehead atoms. The second kappa shape index (κ2) is 5.67. The first-order chi connectivity index (χ1) is 9.70. The molecule has 1 fully saturated rings. The van der Waals surface area contributed by atoms with Crippen molar-refractivity contribution < 1.29 is 4.74 Å². The summed E-state index contributed by atoms with van der Waals surface area (Å²) in [7, 11) is 0. The molecule has 1 aromatic heterocycles. The average molecular weight is 290 g/mol. The fourth-order valence-corrected chi connectivity index (χ4v) is 2.47. The van der Waals surface area contributed by atoms with Crippen molar-refractivity contribution in [3.05, 3.63) is 47.2 Å². The van der Waals surface area contributed by atoms with Gasteiger partial charge >= 0.3 is 0 Å². The molecule has 0 radical (unpaired) electrons. The Labute approximate surface area is 123 Å². The van der Waals surface area contributed by atoms with E-state index in [1.165, 1.54) is 0 Å². The quantitative estimate of drug-likeness (QED) is 0.870. The van der Waals surface area contributed by atoms with Gasteiger partial charge in [-0.1, -0.05) is 17.7 Å². The molecule has 2 heterocycles. The number of aromatic nitrogens is 2. The van der Waals surface area contributed by atoms with E-state index >= 15 is 0 Å². The Hall–Kier alpha value is -1.81. The van der Waals surface area contributed by atoms with Crippen LogP contribution in [-0.2, 0) is 0 Å². The van der Waals surface area contributed by atoms with E-state index in [1.54, 1.807) is 0 Å². The molecule has 0 spiro atoms. The van der Waals surface area contributed by atoms with E-state index in [9.17, 15) is 0 Å². The number of hydrogen-bond acceptors (Lipinski definition) is 4. The maximum atomic E-state index is 5.96. The number of rotatable bonds is 3. The lowest BCUT2D eigenvalue weighted by atomic mass is 10.3. The summed E-state index contributed by atoms with van der Waals surface area (Å²) >= 11 is 5.96. The van der Waals surface area contributed by atoms with Gasteiger partial charge in [0, 0.05) is 30.4 Å². The Balaban J connectivity index is 1.63. The summed E-state index contributed by atoms with van der Waals surface area (Å²) in [6.07, 6.45) is 4.79. The number of halogens is 1. The summed E-state index contributed by atoms with van der Waals surface area (Å²) in [6.45, 7) is 3.70. The third-order valence-corrected chi connectivity index (χ3v) is 3.53. The van der Waals surface area contributed by atoms with Gasteiger partial charge in [0.2, 0.25) is 5.95 Å². The van der Waals surface area contributed by atoms with Gasteiger partial charge in [0.25, 0.3) is 0 Å². The topological polar surface area (TPSA) is 38.2 Å². The number of hydrogen-bond donors (Lipinski definition) is 0. The third-order valence-electron chi connectivity index (χ3n) is 3.29. The minimum Gasteiger partial charge on any atom is -0.488 e. The standard InChI is InChI=1S/C15H16ClN3O/c1-11-8-17-15(18-9-11)19-6-5-14(10-19)20-13-4-2-3-12(16)7-13/h2-4,7-9,14H,5-6,10H2,1H3. The van der Waals surface area contributed by atoms with E-state index < -0.39 is 0 Å². The highest BCUT2D eigenvalue weighted by Gasteiger charge is 2.25. The largest absolute Gasteiger partial charge is 0.488 e. The predicted octanol–water partition coefficient (Wildman–Crippen LogP) is 3.10. The Morgan fingerprint density at radius 2 is 2.10 bits per heavy atom. The number of anilines is 1. The van der Waals surface area contributed by atoms with Crippen molar-refractivity contribution in [2.75, 3.05) is 18.0 Å². The van der Waals surface area contributed by atoms with Crippen LogP contribution in [-0.4, -0.2) is 29.2 Å². The molecule has 104 valence electrons. The third kappa shape index (κ3) is 3.02. The van der Waals surface area contributed by atoms with Crippen molar-refractivity contribution >= 4 is 17.5 Å². The molecular weight excluding hydrogens is 274 g/mol. The summed E-state index contributed by atoms with van der Waals surface area (Å²) < 4.78 is 5.95. The number of ether oxygens (including phenoxy) is 1. The lowest BCUT2D eigenvalue weighted by Gasteiger charge is -2.17. The van der Waals surface area contributed by atoms with Crippen molar-refractivity contribution in [2.45, 2.75) is 19.4 Å². The molecule has 3 rings (SSSR count). The fourth-order valence-electron chi connectivity index (χ4n) is 2.29. The summed E-state index contributed by atoms with van der Waals surface area (Å²) in [6, 6.07) is 7.51. The molecule has 4 nitrogen and oxygen atoms in total. The first-order valence-corrected chi connectivity index (χ1v) is 7.04. The molecule has 0 saturated carbocycles.